The van der Waals surface area contributed by atoms with E-state index in [9.17, 15) is 10.1 Å². The Balaban J connectivity index is 1.57. The summed E-state index contributed by atoms with van der Waals surface area (Å²) >= 11 is 6.20. The van der Waals surface area contributed by atoms with Crippen LogP contribution >= 0.6 is 11.6 Å². The molecule has 22 heavy (non-hydrogen) atoms. The van der Waals surface area contributed by atoms with Crippen molar-refractivity contribution in [2.45, 2.75) is 6.42 Å². The summed E-state index contributed by atoms with van der Waals surface area (Å²) in [7, 11) is 0. The molecular formula is C15H20ClN3O3. The average molecular weight is 326 g/mol. The van der Waals surface area contributed by atoms with Crippen LogP contribution in [-0.4, -0.2) is 55.8 Å². The Morgan fingerprint density at radius 2 is 2.09 bits per heavy atom. The summed E-state index contributed by atoms with van der Waals surface area (Å²) in [6.07, 6.45) is 1.16. The van der Waals surface area contributed by atoms with Crippen LogP contribution in [0.2, 0.25) is 5.02 Å². The third-order valence-corrected chi connectivity index (χ3v) is 4.70. The van der Waals surface area contributed by atoms with E-state index in [4.69, 9.17) is 16.3 Å². The van der Waals surface area contributed by atoms with Crippen molar-refractivity contribution in [1.29, 1.82) is 0 Å². The number of nitrogens with zero attached hydrogens (tertiary/aromatic N) is 3. The highest BCUT2D eigenvalue weighted by Crippen LogP contribution is 2.30. The molecule has 6 nitrogen and oxygen atoms in total. The average Bonchev–Trinajstić information content (AvgIpc) is 3.01. The normalized spacial score (nSPS) is 23.0. The van der Waals surface area contributed by atoms with Gasteiger partial charge in [0.15, 0.2) is 0 Å². The molecule has 0 amide bonds. The summed E-state index contributed by atoms with van der Waals surface area (Å²) in [5, 5.41) is 11.2. The van der Waals surface area contributed by atoms with Gasteiger partial charge in [-0.3, -0.25) is 15.0 Å². The van der Waals surface area contributed by atoms with Crippen LogP contribution in [0.25, 0.3) is 0 Å². The molecule has 2 aliphatic heterocycles. The number of piperazine rings is 1. The van der Waals surface area contributed by atoms with Crippen LogP contribution in [-0.2, 0) is 4.74 Å². The van der Waals surface area contributed by atoms with Crippen molar-refractivity contribution in [3.63, 3.8) is 0 Å². The van der Waals surface area contributed by atoms with Crippen molar-refractivity contribution in [3.8, 4) is 0 Å². The summed E-state index contributed by atoms with van der Waals surface area (Å²) in [5.74, 6) is 0.662. The van der Waals surface area contributed by atoms with E-state index in [-0.39, 0.29) is 5.69 Å². The fourth-order valence-electron chi connectivity index (χ4n) is 3.13. The van der Waals surface area contributed by atoms with Crippen molar-refractivity contribution in [3.05, 3.63) is 33.3 Å². The Hall–Kier alpha value is -1.37. The standard InChI is InChI=1S/C15H20ClN3O3/c16-14-9-13(19(20)21)1-2-15(14)18-6-4-17(5-7-18)10-12-3-8-22-11-12/h1-2,9,12H,3-8,10-11H2. The zero-order chi connectivity index (χ0) is 15.5. The highest BCUT2D eigenvalue weighted by atomic mass is 35.5. The number of halogens is 1. The molecule has 2 aliphatic rings. The monoisotopic (exact) mass is 325 g/mol. The summed E-state index contributed by atoms with van der Waals surface area (Å²) in [6.45, 7) is 6.64. The molecule has 0 saturated carbocycles. The van der Waals surface area contributed by atoms with Gasteiger partial charge in [0.2, 0.25) is 0 Å². The van der Waals surface area contributed by atoms with Crippen molar-refractivity contribution in [2.24, 2.45) is 5.92 Å². The van der Waals surface area contributed by atoms with E-state index in [1.54, 1.807) is 6.07 Å². The number of rotatable bonds is 4. The van der Waals surface area contributed by atoms with Crippen LogP contribution in [0.15, 0.2) is 18.2 Å². The second-order valence-corrected chi connectivity index (χ2v) is 6.32. The lowest BCUT2D eigenvalue weighted by atomic mass is 10.1. The van der Waals surface area contributed by atoms with Gasteiger partial charge in [-0.25, -0.2) is 0 Å². The molecule has 0 N–H and O–H groups in total. The largest absolute Gasteiger partial charge is 0.381 e. The summed E-state index contributed by atoms with van der Waals surface area (Å²) < 4.78 is 5.43. The summed E-state index contributed by atoms with van der Waals surface area (Å²) in [6, 6.07) is 4.70. The van der Waals surface area contributed by atoms with Gasteiger partial charge in [0.05, 0.1) is 22.2 Å². The third kappa shape index (κ3) is 3.51. The molecule has 2 saturated heterocycles. The molecule has 0 bridgehead atoms. The number of hydrogen-bond acceptors (Lipinski definition) is 5. The van der Waals surface area contributed by atoms with Gasteiger partial charge in [0.1, 0.15) is 0 Å². The molecule has 0 aromatic heterocycles. The van der Waals surface area contributed by atoms with E-state index in [2.05, 4.69) is 9.80 Å². The fourth-order valence-corrected chi connectivity index (χ4v) is 3.42. The molecule has 7 heteroatoms. The Bertz CT molecular complexity index is 541. The van der Waals surface area contributed by atoms with Crippen LogP contribution in [0.4, 0.5) is 11.4 Å². The van der Waals surface area contributed by atoms with Crippen molar-refractivity contribution in [2.75, 3.05) is 50.8 Å². The van der Waals surface area contributed by atoms with E-state index >= 15 is 0 Å². The van der Waals surface area contributed by atoms with Gasteiger partial charge in [-0.1, -0.05) is 11.6 Å². The molecule has 0 aliphatic carbocycles. The van der Waals surface area contributed by atoms with E-state index in [1.165, 1.54) is 12.1 Å². The first-order valence-corrected chi connectivity index (χ1v) is 8.00. The maximum atomic E-state index is 10.8. The van der Waals surface area contributed by atoms with Gasteiger partial charge < -0.3 is 9.64 Å². The van der Waals surface area contributed by atoms with E-state index in [1.807, 2.05) is 0 Å². The van der Waals surface area contributed by atoms with Crippen molar-refractivity contribution in [1.82, 2.24) is 4.90 Å². The minimum atomic E-state index is -0.419. The van der Waals surface area contributed by atoms with Crippen molar-refractivity contribution >= 4 is 23.0 Å². The van der Waals surface area contributed by atoms with Crippen molar-refractivity contribution < 1.29 is 9.66 Å². The van der Waals surface area contributed by atoms with Crippen LogP contribution in [0, 0.1) is 16.0 Å². The predicted octanol–water partition coefficient (Wildman–Crippen LogP) is 2.41. The zero-order valence-electron chi connectivity index (χ0n) is 12.4. The lowest BCUT2D eigenvalue weighted by Crippen LogP contribution is -2.48. The topological polar surface area (TPSA) is 58.9 Å². The van der Waals surface area contributed by atoms with E-state index < -0.39 is 4.92 Å². The number of nitro groups is 1. The molecule has 2 fully saturated rings. The Labute approximate surface area is 134 Å². The number of anilines is 1. The first-order chi connectivity index (χ1) is 10.6. The number of benzene rings is 1. The van der Waals surface area contributed by atoms with E-state index in [0.717, 1.165) is 58.0 Å². The molecule has 0 spiro atoms. The van der Waals surface area contributed by atoms with Gasteiger partial charge in [-0.2, -0.15) is 0 Å². The maximum Gasteiger partial charge on any atom is 0.271 e. The van der Waals surface area contributed by atoms with Gasteiger partial charge in [0.25, 0.3) is 5.69 Å². The van der Waals surface area contributed by atoms with Crippen LogP contribution < -0.4 is 4.90 Å². The third-order valence-electron chi connectivity index (χ3n) is 4.40. The van der Waals surface area contributed by atoms with Gasteiger partial charge in [-0.05, 0) is 18.4 Å². The van der Waals surface area contributed by atoms with Crippen LogP contribution in [0.1, 0.15) is 6.42 Å². The minimum Gasteiger partial charge on any atom is -0.381 e. The second kappa shape index (κ2) is 6.81. The van der Waals surface area contributed by atoms with E-state index in [0.29, 0.717) is 10.9 Å². The fraction of sp³-hybridized carbons (Fsp3) is 0.600. The molecular weight excluding hydrogens is 306 g/mol. The first-order valence-electron chi connectivity index (χ1n) is 7.62. The molecule has 3 rings (SSSR count). The summed E-state index contributed by atoms with van der Waals surface area (Å²) in [4.78, 5) is 15.0. The Kier molecular flexibility index (Phi) is 4.81. The highest BCUT2D eigenvalue weighted by molar-refractivity contribution is 6.33. The number of hydrogen-bond donors (Lipinski definition) is 0. The molecule has 2 heterocycles. The highest BCUT2D eigenvalue weighted by Gasteiger charge is 2.24. The van der Waals surface area contributed by atoms with Crippen LogP contribution in [0.3, 0.4) is 0 Å². The Morgan fingerprint density at radius 1 is 1.32 bits per heavy atom. The summed E-state index contributed by atoms with van der Waals surface area (Å²) in [5.41, 5.74) is 0.921. The SMILES string of the molecule is O=[N+]([O-])c1ccc(N2CCN(CC3CCOC3)CC2)c(Cl)c1. The zero-order valence-corrected chi connectivity index (χ0v) is 13.2. The lowest BCUT2D eigenvalue weighted by molar-refractivity contribution is -0.384. The molecule has 1 aromatic carbocycles. The molecule has 1 atom stereocenters. The quantitative estimate of drug-likeness (QED) is 0.628. The Morgan fingerprint density at radius 3 is 2.68 bits per heavy atom. The molecule has 120 valence electrons. The second-order valence-electron chi connectivity index (χ2n) is 5.91. The van der Waals surface area contributed by atoms with Gasteiger partial charge in [-0.15, -0.1) is 0 Å². The minimum absolute atomic E-state index is 0.0358. The maximum absolute atomic E-state index is 10.8. The predicted molar refractivity (Wildman–Crippen MR) is 85.7 cm³/mol. The van der Waals surface area contributed by atoms with Gasteiger partial charge >= 0.3 is 0 Å². The lowest BCUT2D eigenvalue weighted by Gasteiger charge is -2.37. The first kappa shape index (κ1) is 15.5. The van der Waals surface area contributed by atoms with Gasteiger partial charge in [0, 0.05) is 51.5 Å². The molecule has 1 aromatic rings. The number of nitro benzene ring substituents is 1. The van der Waals surface area contributed by atoms with Crippen LogP contribution in [0.5, 0.6) is 0 Å². The molecule has 0 radical (unpaired) electrons. The number of non-ortho nitro benzene ring substituents is 1. The smallest absolute Gasteiger partial charge is 0.271 e. The molecule has 1 unspecified atom stereocenters. The number of ether oxygens (including phenoxy) is 1.